The van der Waals surface area contributed by atoms with Gasteiger partial charge in [-0.25, -0.2) is 0 Å². The van der Waals surface area contributed by atoms with E-state index in [-0.39, 0.29) is 5.92 Å². The van der Waals surface area contributed by atoms with Crippen molar-refractivity contribution in [3.63, 3.8) is 0 Å². The number of aryl methyl sites for hydroxylation is 1. The van der Waals surface area contributed by atoms with Gasteiger partial charge in [-0.3, -0.25) is 4.79 Å². The fourth-order valence-electron chi connectivity index (χ4n) is 4.69. The van der Waals surface area contributed by atoms with Crippen LogP contribution in [0.15, 0.2) is 48.7 Å². The van der Waals surface area contributed by atoms with Crippen molar-refractivity contribution in [1.82, 2.24) is 9.88 Å². The van der Waals surface area contributed by atoms with Gasteiger partial charge in [-0.05, 0) is 55.8 Å². The number of hydrogen-bond acceptors (Lipinski definition) is 3. The Balaban J connectivity index is 1.27. The predicted molar refractivity (Wildman–Crippen MR) is 116 cm³/mol. The summed E-state index contributed by atoms with van der Waals surface area (Å²) < 4.78 is 7.83. The van der Waals surface area contributed by atoms with Gasteiger partial charge in [0.15, 0.2) is 5.78 Å². The molecule has 29 heavy (non-hydrogen) atoms. The van der Waals surface area contributed by atoms with E-state index in [4.69, 9.17) is 4.74 Å². The summed E-state index contributed by atoms with van der Waals surface area (Å²) in [6, 6.07) is 15.3. The zero-order valence-electron chi connectivity index (χ0n) is 17.0. The molecule has 0 saturated heterocycles. The lowest BCUT2D eigenvalue weighted by Gasteiger charge is -2.13. The molecule has 1 fully saturated rings. The third-order valence-electron chi connectivity index (χ3n) is 6.35. The fourth-order valence-corrected chi connectivity index (χ4v) is 4.69. The Morgan fingerprint density at radius 3 is 2.55 bits per heavy atom. The molecule has 150 valence electrons. The molecule has 1 heterocycles. The van der Waals surface area contributed by atoms with Gasteiger partial charge in [0, 0.05) is 35.7 Å². The summed E-state index contributed by atoms with van der Waals surface area (Å²) in [5.74, 6) is 1.37. The number of carbonyl (C=O) groups excluding carboxylic acids is 1. The quantitative estimate of drug-likeness (QED) is 0.460. The lowest BCUT2D eigenvalue weighted by Crippen LogP contribution is -2.30. The van der Waals surface area contributed by atoms with Crippen molar-refractivity contribution in [2.24, 2.45) is 5.92 Å². The number of carbonyl (C=O) groups is 1. The second-order valence-corrected chi connectivity index (χ2v) is 8.41. The number of benzene rings is 2. The molecule has 4 nitrogen and oxygen atoms in total. The molecular weight excluding hydrogens is 360 g/mol. The molecule has 0 amide bonds. The number of para-hydroxylation sites is 1. The van der Waals surface area contributed by atoms with Crippen LogP contribution in [0.3, 0.4) is 0 Å². The Morgan fingerprint density at radius 2 is 1.86 bits per heavy atom. The van der Waals surface area contributed by atoms with Gasteiger partial charge in [0.05, 0.1) is 12.6 Å². The predicted octanol–water partition coefficient (Wildman–Crippen LogP) is 4.39. The van der Waals surface area contributed by atoms with E-state index in [0.717, 1.165) is 67.4 Å². The number of aromatic nitrogens is 1. The fraction of sp³-hybridized carbons (Fsp3) is 0.400. The average Bonchev–Trinajstić information content (AvgIpc) is 3.41. The molecule has 4 heteroatoms. The van der Waals surface area contributed by atoms with Gasteiger partial charge >= 0.3 is 0 Å². The van der Waals surface area contributed by atoms with E-state index in [9.17, 15) is 4.79 Å². The van der Waals surface area contributed by atoms with Crippen molar-refractivity contribution in [3.05, 3.63) is 65.4 Å². The Morgan fingerprint density at radius 1 is 1.10 bits per heavy atom. The van der Waals surface area contributed by atoms with E-state index >= 15 is 0 Å². The van der Waals surface area contributed by atoms with Crippen LogP contribution < -0.4 is 10.1 Å². The number of ketones is 1. The number of fused-ring (bicyclic) bond motifs is 2. The Bertz CT molecular complexity index is 1020. The number of methoxy groups -OCH3 is 1. The minimum absolute atomic E-state index is 0.228. The molecule has 2 aromatic carbocycles. The number of rotatable bonds is 8. The molecule has 2 aliphatic rings. The van der Waals surface area contributed by atoms with E-state index < -0.39 is 0 Å². The van der Waals surface area contributed by atoms with Gasteiger partial charge in [-0.2, -0.15) is 0 Å². The number of ether oxygens (including phenoxy) is 1. The van der Waals surface area contributed by atoms with Crippen molar-refractivity contribution >= 4 is 16.7 Å². The van der Waals surface area contributed by atoms with Crippen LogP contribution in [-0.4, -0.2) is 30.0 Å². The van der Waals surface area contributed by atoms with Gasteiger partial charge in [0.2, 0.25) is 0 Å². The standard InChI is InChI=1S/C25H28N2O2/c1-29-23-9-4-8-21-22(25(28)17-10-11-17)16-27(24(21)23)13-5-12-26-20-14-18-6-2-3-7-19(18)15-20/h2-4,6-9,16-17,20,26H,5,10-15H2,1H3. The highest BCUT2D eigenvalue weighted by molar-refractivity contribution is 6.11. The van der Waals surface area contributed by atoms with Crippen LogP contribution in [0.1, 0.15) is 40.7 Å². The first-order valence-electron chi connectivity index (χ1n) is 10.7. The van der Waals surface area contributed by atoms with E-state index in [1.165, 1.54) is 11.1 Å². The van der Waals surface area contributed by atoms with Gasteiger partial charge in [-0.1, -0.05) is 36.4 Å². The summed E-state index contributed by atoms with van der Waals surface area (Å²) in [5.41, 5.74) is 4.87. The lowest BCUT2D eigenvalue weighted by atomic mass is 10.1. The van der Waals surface area contributed by atoms with Crippen LogP contribution in [0.4, 0.5) is 0 Å². The summed E-state index contributed by atoms with van der Waals surface area (Å²) in [5, 5.41) is 4.75. The highest BCUT2D eigenvalue weighted by Crippen LogP contribution is 2.37. The molecule has 1 saturated carbocycles. The first-order chi connectivity index (χ1) is 14.2. The van der Waals surface area contributed by atoms with E-state index in [1.54, 1.807) is 7.11 Å². The summed E-state index contributed by atoms with van der Waals surface area (Å²) in [6.07, 6.45) is 7.38. The SMILES string of the molecule is COc1cccc2c(C(=O)C3CC3)cn(CCCNC3Cc4ccccc4C3)c12. The molecule has 0 bridgehead atoms. The first kappa shape index (κ1) is 18.4. The van der Waals surface area contributed by atoms with Crippen molar-refractivity contribution in [2.45, 2.75) is 44.7 Å². The normalized spacial score (nSPS) is 16.3. The number of nitrogens with zero attached hydrogens (tertiary/aromatic N) is 1. The largest absolute Gasteiger partial charge is 0.495 e. The van der Waals surface area contributed by atoms with Gasteiger partial charge in [0.25, 0.3) is 0 Å². The third-order valence-corrected chi connectivity index (χ3v) is 6.35. The Labute approximate surface area is 171 Å². The van der Waals surface area contributed by atoms with Crippen LogP contribution in [0.25, 0.3) is 10.9 Å². The Kier molecular flexibility index (Phi) is 4.88. The van der Waals surface area contributed by atoms with E-state index in [1.807, 2.05) is 12.1 Å². The van der Waals surface area contributed by atoms with Gasteiger partial charge < -0.3 is 14.6 Å². The molecule has 0 radical (unpaired) electrons. The first-order valence-corrected chi connectivity index (χ1v) is 10.7. The molecule has 3 aromatic rings. The lowest BCUT2D eigenvalue weighted by molar-refractivity contribution is 0.0969. The maximum Gasteiger partial charge on any atom is 0.168 e. The van der Waals surface area contributed by atoms with Crippen LogP contribution >= 0.6 is 0 Å². The van der Waals surface area contributed by atoms with Crippen molar-refractivity contribution in [2.75, 3.05) is 13.7 Å². The zero-order valence-corrected chi connectivity index (χ0v) is 17.0. The van der Waals surface area contributed by atoms with E-state index in [0.29, 0.717) is 11.8 Å². The monoisotopic (exact) mass is 388 g/mol. The summed E-state index contributed by atoms with van der Waals surface area (Å²) in [6.45, 7) is 1.85. The van der Waals surface area contributed by atoms with E-state index in [2.05, 4.69) is 46.4 Å². The minimum Gasteiger partial charge on any atom is -0.495 e. The molecule has 5 rings (SSSR count). The van der Waals surface area contributed by atoms with Crippen LogP contribution in [0, 0.1) is 5.92 Å². The zero-order chi connectivity index (χ0) is 19.8. The molecule has 0 aliphatic heterocycles. The second kappa shape index (κ2) is 7.68. The van der Waals surface area contributed by atoms with Crippen molar-refractivity contribution in [1.29, 1.82) is 0 Å². The molecule has 0 spiro atoms. The maximum atomic E-state index is 12.8. The van der Waals surface area contributed by atoms with Crippen molar-refractivity contribution < 1.29 is 9.53 Å². The second-order valence-electron chi connectivity index (χ2n) is 8.41. The summed E-state index contributed by atoms with van der Waals surface area (Å²) >= 11 is 0. The molecular formula is C25H28N2O2. The van der Waals surface area contributed by atoms with Crippen molar-refractivity contribution in [3.8, 4) is 5.75 Å². The molecule has 1 N–H and O–H groups in total. The third kappa shape index (κ3) is 3.58. The van der Waals surface area contributed by atoms with Gasteiger partial charge in [0.1, 0.15) is 5.75 Å². The van der Waals surface area contributed by atoms with Crippen LogP contribution in [-0.2, 0) is 19.4 Å². The maximum absolute atomic E-state index is 12.8. The molecule has 0 unspecified atom stereocenters. The van der Waals surface area contributed by atoms with Crippen LogP contribution in [0.5, 0.6) is 5.75 Å². The van der Waals surface area contributed by atoms with Gasteiger partial charge in [-0.15, -0.1) is 0 Å². The smallest absolute Gasteiger partial charge is 0.168 e. The number of hydrogen-bond donors (Lipinski definition) is 1. The molecule has 2 aliphatic carbocycles. The molecule has 1 aromatic heterocycles. The highest BCUT2D eigenvalue weighted by Gasteiger charge is 2.32. The summed E-state index contributed by atoms with van der Waals surface area (Å²) in [4.78, 5) is 12.8. The topological polar surface area (TPSA) is 43.3 Å². The summed E-state index contributed by atoms with van der Waals surface area (Å²) in [7, 11) is 1.70. The molecule has 0 atom stereocenters. The minimum atomic E-state index is 0.228. The highest BCUT2D eigenvalue weighted by atomic mass is 16.5. The Hall–Kier alpha value is -2.59. The average molecular weight is 389 g/mol. The van der Waals surface area contributed by atoms with Crippen LogP contribution in [0.2, 0.25) is 0 Å². The number of Topliss-reactive ketones (excluding diaryl/α,β-unsaturated/α-hetero) is 1. The number of nitrogens with one attached hydrogen (secondary N) is 1.